The molecule has 0 spiro atoms. The van der Waals surface area contributed by atoms with Gasteiger partial charge in [0.05, 0.1) is 10.2 Å². The van der Waals surface area contributed by atoms with Crippen molar-refractivity contribution >= 4 is 27.4 Å². The summed E-state index contributed by atoms with van der Waals surface area (Å²) in [7, 11) is 0. The Kier molecular flexibility index (Phi) is 3.94. The highest BCUT2D eigenvalue weighted by Crippen LogP contribution is 2.33. The molecular weight excluding hydrogens is 325 g/mol. The van der Waals surface area contributed by atoms with Crippen molar-refractivity contribution < 1.29 is 17.9 Å². The van der Waals surface area contributed by atoms with Crippen LogP contribution in [-0.2, 0) is 0 Å². The van der Waals surface area contributed by atoms with Gasteiger partial charge in [0, 0.05) is 6.20 Å². The molecule has 0 radical (unpaired) electrons. The van der Waals surface area contributed by atoms with Gasteiger partial charge in [-0.05, 0) is 40.2 Å². The number of benzene rings is 1. The molecule has 0 amide bonds. The van der Waals surface area contributed by atoms with Crippen molar-refractivity contribution in [1.29, 1.82) is 0 Å². The molecule has 3 nitrogen and oxygen atoms in total. The van der Waals surface area contributed by atoms with Gasteiger partial charge in [-0.15, -0.1) is 13.2 Å². The van der Waals surface area contributed by atoms with Crippen LogP contribution >= 0.6 is 15.9 Å². The second-order valence-electron chi connectivity index (χ2n) is 3.50. The maximum absolute atomic E-state index is 12.3. The Morgan fingerprint density at radius 3 is 2.53 bits per heavy atom. The Hall–Kier alpha value is -1.76. The van der Waals surface area contributed by atoms with E-state index >= 15 is 0 Å². The third-order valence-electron chi connectivity index (χ3n) is 2.12. The molecule has 0 saturated heterocycles. The number of alkyl halides is 3. The fourth-order valence-corrected chi connectivity index (χ4v) is 1.74. The summed E-state index contributed by atoms with van der Waals surface area (Å²) in [6.45, 7) is 0. The first-order chi connectivity index (χ1) is 8.96. The minimum atomic E-state index is -4.74. The smallest absolute Gasteiger partial charge is 0.404 e. The Morgan fingerprint density at radius 2 is 1.84 bits per heavy atom. The Bertz CT molecular complexity index is 575. The van der Waals surface area contributed by atoms with Crippen molar-refractivity contribution in [1.82, 2.24) is 4.98 Å². The van der Waals surface area contributed by atoms with Gasteiger partial charge >= 0.3 is 6.36 Å². The van der Waals surface area contributed by atoms with Crippen LogP contribution < -0.4 is 10.1 Å². The molecule has 0 aliphatic rings. The molecule has 0 bridgehead atoms. The molecule has 2 rings (SSSR count). The number of nitrogens with one attached hydrogen (secondary N) is 1. The molecule has 1 N–H and O–H groups in total. The predicted octanol–water partition coefficient (Wildman–Crippen LogP) is 4.49. The van der Waals surface area contributed by atoms with Crippen LogP contribution in [-0.4, -0.2) is 11.3 Å². The van der Waals surface area contributed by atoms with E-state index in [9.17, 15) is 13.2 Å². The van der Waals surface area contributed by atoms with Gasteiger partial charge in [-0.25, -0.2) is 4.98 Å². The first kappa shape index (κ1) is 13.7. The van der Waals surface area contributed by atoms with Crippen LogP contribution in [0.2, 0.25) is 0 Å². The number of para-hydroxylation sites is 2. The van der Waals surface area contributed by atoms with Crippen LogP contribution in [0.5, 0.6) is 5.75 Å². The second kappa shape index (κ2) is 5.48. The minimum Gasteiger partial charge on any atom is -0.404 e. The zero-order valence-corrected chi connectivity index (χ0v) is 11.0. The highest BCUT2D eigenvalue weighted by atomic mass is 79.9. The molecule has 1 aromatic carbocycles. The number of hydrogen-bond donors (Lipinski definition) is 1. The molecular formula is C12H8BrF3N2O. The van der Waals surface area contributed by atoms with E-state index in [-0.39, 0.29) is 11.4 Å². The molecule has 100 valence electrons. The molecule has 0 atom stereocenters. The van der Waals surface area contributed by atoms with Crippen LogP contribution in [0.4, 0.5) is 24.7 Å². The zero-order valence-electron chi connectivity index (χ0n) is 9.41. The summed E-state index contributed by atoms with van der Waals surface area (Å²) in [5, 5.41) is 2.78. The lowest BCUT2D eigenvalue weighted by atomic mass is 10.3. The zero-order chi connectivity index (χ0) is 13.9. The number of hydrogen-bond acceptors (Lipinski definition) is 3. The van der Waals surface area contributed by atoms with Crippen LogP contribution in [0.3, 0.4) is 0 Å². The van der Waals surface area contributed by atoms with Crippen molar-refractivity contribution in [2.45, 2.75) is 6.36 Å². The number of rotatable bonds is 3. The number of nitrogens with zero attached hydrogens (tertiary/aromatic N) is 1. The van der Waals surface area contributed by atoms with Gasteiger partial charge in [0.15, 0.2) is 5.75 Å². The third kappa shape index (κ3) is 3.85. The quantitative estimate of drug-likeness (QED) is 0.899. The van der Waals surface area contributed by atoms with Crippen molar-refractivity contribution in [2.75, 3.05) is 5.32 Å². The van der Waals surface area contributed by atoms with Crippen molar-refractivity contribution in [3.63, 3.8) is 0 Å². The lowest BCUT2D eigenvalue weighted by Crippen LogP contribution is -2.17. The van der Waals surface area contributed by atoms with E-state index in [4.69, 9.17) is 0 Å². The topological polar surface area (TPSA) is 34.1 Å². The summed E-state index contributed by atoms with van der Waals surface area (Å²) in [5.74, 6) is 0.0910. The van der Waals surface area contributed by atoms with Gasteiger partial charge in [-0.2, -0.15) is 0 Å². The predicted molar refractivity (Wildman–Crippen MR) is 68.3 cm³/mol. The first-order valence-electron chi connectivity index (χ1n) is 5.18. The van der Waals surface area contributed by atoms with Crippen molar-refractivity contribution in [2.24, 2.45) is 0 Å². The van der Waals surface area contributed by atoms with Gasteiger partial charge in [-0.1, -0.05) is 12.1 Å². The van der Waals surface area contributed by atoms with E-state index in [2.05, 4.69) is 31.0 Å². The Balaban J connectivity index is 2.28. The van der Waals surface area contributed by atoms with Gasteiger partial charge in [0.25, 0.3) is 0 Å². The highest BCUT2D eigenvalue weighted by Gasteiger charge is 2.32. The average Bonchev–Trinajstić information content (AvgIpc) is 2.33. The van der Waals surface area contributed by atoms with Gasteiger partial charge in [0.2, 0.25) is 0 Å². The third-order valence-corrected chi connectivity index (χ3v) is 2.76. The lowest BCUT2D eigenvalue weighted by Gasteiger charge is -2.14. The van der Waals surface area contributed by atoms with Crippen molar-refractivity contribution in [3.8, 4) is 5.75 Å². The molecule has 1 heterocycles. The fraction of sp³-hybridized carbons (Fsp3) is 0.0833. The maximum atomic E-state index is 12.3. The number of ether oxygens (including phenoxy) is 1. The van der Waals surface area contributed by atoms with Crippen LogP contribution in [0.15, 0.2) is 47.1 Å². The monoisotopic (exact) mass is 332 g/mol. The summed E-state index contributed by atoms with van der Waals surface area (Å²) >= 11 is 3.25. The molecule has 0 aliphatic heterocycles. The van der Waals surface area contributed by atoms with Gasteiger partial charge in [-0.3, -0.25) is 0 Å². The average molecular weight is 333 g/mol. The number of halogens is 4. The number of aromatic nitrogens is 1. The molecule has 1 aromatic heterocycles. The lowest BCUT2D eigenvalue weighted by molar-refractivity contribution is -0.274. The minimum absolute atomic E-state index is 0.180. The van der Waals surface area contributed by atoms with Crippen molar-refractivity contribution in [3.05, 3.63) is 47.1 Å². The summed E-state index contributed by atoms with van der Waals surface area (Å²) in [4.78, 5) is 4.02. The van der Waals surface area contributed by atoms with E-state index in [0.29, 0.717) is 10.3 Å². The second-order valence-corrected chi connectivity index (χ2v) is 4.36. The first-order valence-corrected chi connectivity index (χ1v) is 5.97. The number of anilines is 2. The van der Waals surface area contributed by atoms with Gasteiger partial charge in [0.1, 0.15) is 5.82 Å². The molecule has 0 unspecified atom stereocenters. The van der Waals surface area contributed by atoms with E-state index in [1.165, 1.54) is 24.4 Å². The van der Waals surface area contributed by atoms with E-state index in [0.717, 1.165) is 0 Å². The summed E-state index contributed by atoms with van der Waals surface area (Å²) in [6, 6.07) is 9.19. The van der Waals surface area contributed by atoms with E-state index < -0.39 is 6.36 Å². The van der Waals surface area contributed by atoms with Crippen LogP contribution in [0.1, 0.15) is 0 Å². The highest BCUT2D eigenvalue weighted by molar-refractivity contribution is 9.10. The van der Waals surface area contributed by atoms with Gasteiger partial charge < -0.3 is 10.1 Å². The molecule has 0 aliphatic carbocycles. The van der Waals surface area contributed by atoms with E-state index in [1.54, 1.807) is 18.2 Å². The number of pyridine rings is 1. The Labute approximate surface area is 115 Å². The largest absolute Gasteiger partial charge is 0.573 e. The summed E-state index contributed by atoms with van der Waals surface area (Å²) in [6.07, 6.45) is -3.21. The maximum Gasteiger partial charge on any atom is 0.573 e. The standard InChI is InChI=1S/C12H8BrF3N2O/c13-8-4-3-7-17-11(8)18-9-5-1-2-6-10(9)19-12(14,15)16/h1-7H,(H,17,18). The molecule has 19 heavy (non-hydrogen) atoms. The molecule has 0 saturated carbocycles. The normalized spacial score (nSPS) is 11.2. The fourth-order valence-electron chi connectivity index (χ4n) is 1.39. The summed E-state index contributed by atoms with van der Waals surface area (Å²) < 4.78 is 41.4. The van der Waals surface area contributed by atoms with Crippen LogP contribution in [0.25, 0.3) is 0 Å². The molecule has 7 heteroatoms. The SMILES string of the molecule is FC(F)(F)Oc1ccccc1Nc1ncccc1Br. The Morgan fingerprint density at radius 1 is 1.11 bits per heavy atom. The van der Waals surface area contributed by atoms with E-state index in [1.807, 2.05) is 0 Å². The molecule has 0 fully saturated rings. The summed E-state index contributed by atoms with van der Waals surface area (Å²) in [5.41, 5.74) is 0.180. The van der Waals surface area contributed by atoms with Crippen LogP contribution in [0, 0.1) is 0 Å². The molecule has 2 aromatic rings.